The van der Waals surface area contributed by atoms with Crippen molar-refractivity contribution in [2.24, 2.45) is 0 Å². The third-order valence-electron chi connectivity index (χ3n) is 1.03. The van der Waals surface area contributed by atoms with E-state index in [0.29, 0.717) is 16.3 Å². The lowest BCUT2D eigenvalue weighted by atomic mass is 10.2. The van der Waals surface area contributed by atoms with E-state index in [-0.39, 0.29) is 5.78 Å². The van der Waals surface area contributed by atoms with Crippen molar-refractivity contribution in [3.8, 4) is 0 Å². The minimum atomic E-state index is -0.183. The Kier molecular flexibility index (Phi) is 4.70. The molecule has 0 heterocycles. The summed E-state index contributed by atoms with van der Waals surface area (Å²) < 4.78 is 0.471. The molecule has 0 aromatic rings. The van der Waals surface area contributed by atoms with Crippen molar-refractivity contribution in [1.29, 1.82) is 0 Å². The molecule has 0 spiro atoms. The highest BCUT2D eigenvalue weighted by molar-refractivity contribution is 9.12. The Labute approximate surface area is 74.1 Å². The summed E-state index contributed by atoms with van der Waals surface area (Å²) in [7, 11) is 0. The molecule has 3 heteroatoms. The predicted molar refractivity (Wildman–Crippen MR) is 47.5 cm³/mol. The van der Waals surface area contributed by atoms with Crippen molar-refractivity contribution in [3.63, 3.8) is 0 Å². The molecule has 60 valence electrons. The van der Waals surface area contributed by atoms with Gasteiger partial charge in [-0.3, -0.25) is 9.59 Å². The Bertz CT molecular complexity index is 226. The van der Waals surface area contributed by atoms with E-state index in [1.807, 2.05) is 0 Å². The van der Waals surface area contributed by atoms with Gasteiger partial charge in [-0.15, -0.1) is 0 Å². The average Bonchev–Trinajstić information content (AvgIpc) is 2.02. The van der Waals surface area contributed by atoms with Crippen LogP contribution in [0.2, 0.25) is 0 Å². The number of hydrogen-bond acceptors (Lipinski definition) is 2. The molecule has 0 aliphatic carbocycles. The lowest BCUT2D eigenvalue weighted by molar-refractivity contribution is -0.111. The Morgan fingerprint density at radius 3 is 2.36 bits per heavy atom. The number of carbonyl (C=O) groups is 2. The van der Waals surface area contributed by atoms with Gasteiger partial charge in [0.05, 0.1) is 4.48 Å². The fourth-order valence-electron chi connectivity index (χ4n) is 0.452. The Hall–Kier alpha value is -0.700. The second kappa shape index (κ2) is 5.02. The molecule has 0 atom stereocenters. The van der Waals surface area contributed by atoms with Crippen molar-refractivity contribution in [3.05, 3.63) is 22.2 Å². The van der Waals surface area contributed by atoms with E-state index in [1.165, 1.54) is 6.08 Å². The lowest BCUT2D eigenvalue weighted by Gasteiger charge is -1.90. The number of ketones is 1. The molecule has 0 amide bonds. The number of carbonyl (C=O) groups excluding carboxylic acids is 2. The molecule has 0 aromatic heterocycles. The van der Waals surface area contributed by atoms with Gasteiger partial charge < -0.3 is 0 Å². The summed E-state index contributed by atoms with van der Waals surface area (Å²) in [4.78, 5) is 21.1. The normalized spacial score (nSPS) is 13.0. The molecule has 0 aromatic carbocycles. The van der Waals surface area contributed by atoms with Crippen LogP contribution in [0.25, 0.3) is 0 Å². The van der Waals surface area contributed by atoms with E-state index in [9.17, 15) is 9.59 Å². The van der Waals surface area contributed by atoms with Crippen LogP contribution >= 0.6 is 15.9 Å². The van der Waals surface area contributed by atoms with Crippen molar-refractivity contribution < 1.29 is 9.59 Å². The summed E-state index contributed by atoms with van der Waals surface area (Å²) in [6, 6.07) is 0. The van der Waals surface area contributed by atoms with Gasteiger partial charge in [0.25, 0.3) is 0 Å². The molecule has 0 unspecified atom stereocenters. The van der Waals surface area contributed by atoms with E-state index < -0.39 is 0 Å². The molecule has 0 rings (SSSR count). The highest BCUT2D eigenvalue weighted by atomic mass is 79.9. The fourth-order valence-corrected chi connectivity index (χ4v) is 0.566. The highest BCUT2D eigenvalue weighted by Gasteiger charge is 2.00. The van der Waals surface area contributed by atoms with Crippen LogP contribution < -0.4 is 0 Å². The number of hydrogen-bond donors (Lipinski definition) is 0. The van der Waals surface area contributed by atoms with Crippen LogP contribution in [0, 0.1) is 0 Å². The Morgan fingerprint density at radius 2 is 2.00 bits per heavy atom. The summed E-state index contributed by atoms with van der Waals surface area (Å²) in [6.45, 7) is 3.33. The lowest BCUT2D eigenvalue weighted by Crippen LogP contribution is -1.93. The van der Waals surface area contributed by atoms with Crippen LogP contribution in [0.4, 0.5) is 0 Å². The van der Waals surface area contributed by atoms with E-state index in [2.05, 4.69) is 15.9 Å². The molecule has 2 nitrogen and oxygen atoms in total. The van der Waals surface area contributed by atoms with Crippen molar-refractivity contribution >= 4 is 28.0 Å². The summed E-state index contributed by atoms with van der Waals surface area (Å²) in [5.74, 6) is -0.183. The third kappa shape index (κ3) is 3.88. The van der Waals surface area contributed by atoms with Crippen molar-refractivity contribution in [2.45, 2.75) is 13.8 Å². The second-order valence-electron chi connectivity index (χ2n) is 2.01. The summed E-state index contributed by atoms with van der Waals surface area (Å²) >= 11 is 3.05. The van der Waals surface area contributed by atoms with Gasteiger partial charge in [-0.1, -0.05) is 6.08 Å². The van der Waals surface area contributed by atoms with E-state index >= 15 is 0 Å². The molecular weight excluding hydrogens is 208 g/mol. The molecule has 0 fully saturated rings. The van der Waals surface area contributed by atoms with Crippen molar-refractivity contribution in [1.82, 2.24) is 0 Å². The topological polar surface area (TPSA) is 34.1 Å². The van der Waals surface area contributed by atoms with Crippen LogP contribution in [0.1, 0.15) is 13.8 Å². The molecule has 0 bridgehead atoms. The smallest absolute Gasteiger partial charge is 0.192 e. The van der Waals surface area contributed by atoms with Crippen LogP contribution in [0.15, 0.2) is 22.2 Å². The molecule has 0 saturated carbocycles. The monoisotopic (exact) mass is 216 g/mol. The van der Waals surface area contributed by atoms with Crippen LogP contribution in [0.3, 0.4) is 0 Å². The number of allylic oxidation sites excluding steroid dienone is 4. The summed E-state index contributed by atoms with van der Waals surface area (Å²) in [5.41, 5.74) is 0.425. The average molecular weight is 217 g/mol. The first-order valence-electron chi connectivity index (χ1n) is 3.11. The van der Waals surface area contributed by atoms with Crippen LogP contribution in [-0.2, 0) is 9.59 Å². The SMILES string of the molecule is C/C=C(/Br)C(=O)/C=C(/C)C=O. The first-order chi connectivity index (χ1) is 5.11. The quantitative estimate of drug-likeness (QED) is 0.535. The number of halogens is 1. The Balaban J connectivity index is 4.41. The summed E-state index contributed by atoms with van der Waals surface area (Å²) in [5, 5.41) is 0. The Morgan fingerprint density at radius 1 is 1.45 bits per heavy atom. The van der Waals surface area contributed by atoms with Gasteiger partial charge in [0, 0.05) is 0 Å². The zero-order valence-corrected chi connectivity index (χ0v) is 8.01. The highest BCUT2D eigenvalue weighted by Crippen LogP contribution is 2.07. The minimum absolute atomic E-state index is 0.183. The van der Waals surface area contributed by atoms with Gasteiger partial charge in [-0.25, -0.2) is 0 Å². The number of aldehydes is 1. The van der Waals surface area contributed by atoms with Gasteiger partial charge in [0.1, 0.15) is 6.29 Å². The standard InChI is InChI=1S/C8H9BrO2/c1-3-7(9)8(11)4-6(2)5-10/h3-5H,1-2H3/b6-4-,7-3+. The van der Waals surface area contributed by atoms with Crippen molar-refractivity contribution in [2.75, 3.05) is 0 Å². The second-order valence-corrected chi connectivity index (χ2v) is 2.86. The first-order valence-corrected chi connectivity index (χ1v) is 3.90. The maximum absolute atomic E-state index is 11.0. The molecule has 0 N–H and O–H groups in total. The maximum atomic E-state index is 11.0. The van der Waals surface area contributed by atoms with E-state index in [4.69, 9.17) is 0 Å². The first kappa shape index (κ1) is 10.3. The van der Waals surface area contributed by atoms with Gasteiger partial charge in [-0.2, -0.15) is 0 Å². The molecular formula is C8H9BrO2. The molecule has 11 heavy (non-hydrogen) atoms. The largest absolute Gasteiger partial charge is 0.298 e. The van der Waals surface area contributed by atoms with Gasteiger partial charge in [-0.05, 0) is 41.4 Å². The molecule has 0 saturated heterocycles. The molecule has 0 aliphatic rings. The maximum Gasteiger partial charge on any atom is 0.192 e. The zero-order valence-electron chi connectivity index (χ0n) is 6.43. The van der Waals surface area contributed by atoms with Crippen LogP contribution in [-0.4, -0.2) is 12.1 Å². The third-order valence-corrected chi connectivity index (χ3v) is 1.88. The molecule has 0 aliphatic heterocycles. The van der Waals surface area contributed by atoms with Gasteiger partial charge >= 0.3 is 0 Å². The minimum Gasteiger partial charge on any atom is -0.298 e. The fraction of sp³-hybridized carbons (Fsp3) is 0.250. The van der Waals surface area contributed by atoms with Crippen LogP contribution in [0.5, 0.6) is 0 Å². The zero-order chi connectivity index (χ0) is 8.85. The van der Waals surface area contributed by atoms with Gasteiger partial charge in [0.15, 0.2) is 5.78 Å². The molecule has 0 radical (unpaired) electrons. The van der Waals surface area contributed by atoms with Gasteiger partial charge in [0.2, 0.25) is 0 Å². The summed E-state index contributed by atoms with van der Waals surface area (Å²) in [6.07, 6.45) is 3.57. The van der Waals surface area contributed by atoms with E-state index in [0.717, 1.165) is 0 Å². The van der Waals surface area contributed by atoms with E-state index in [1.54, 1.807) is 19.9 Å². The predicted octanol–water partition coefficient (Wildman–Crippen LogP) is 2.00. The number of rotatable bonds is 3.